The van der Waals surface area contributed by atoms with Crippen LogP contribution in [0.2, 0.25) is 0 Å². The summed E-state index contributed by atoms with van der Waals surface area (Å²) in [5, 5.41) is 22.8. The van der Waals surface area contributed by atoms with E-state index in [1.165, 1.54) is 12.1 Å². The maximum absolute atomic E-state index is 12.3. The van der Waals surface area contributed by atoms with E-state index < -0.39 is 10.8 Å². The molecule has 6 heteroatoms. The minimum atomic E-state index is -0.591. The molecule has 1 amide bonds. The zero-order valence-corrected chi connectivity index (χ0v) is 11.4. The van der Waals surface area contributed by atoms with Crippen LogP contribution in [0.5, 0.6) is 0 Å². The second-order valence-corrected chi connectivity index (χ2v) is 4.55. The highest BCUT2D eigenvalue weighted by Gasteiger charge is 2.20. The number of aliphatic hydroxyl groups excluding tert-OH is 1. The molecule has 0 unspecified atom stereocenters. The summed E-state index contributed by atoms with van der Waals surface area (Å²) in [4.78, 5) is 22.7. The largest absolute Gasteiger partial charge is 0.392 e. The van der Waals surface area contributed by atoms with Gasteiger partial charge in [0.25, 0.3) is 11.6 Å². The van der Waals surface area contributed by atoms with Crippen molar-refractivity contribution in [3.63, 3.8) is 0 Å². The first-order valence-corrected chi connectivity index (χ1v) is 6.28. The van der Waals surface area contributed by atoms with Gasteiger partial charge in [0.15, 0.2) is 0 Å². The predicted octanol–water partition coefficient (Wildman–Crippen LogP) is 2.65. The van der Waals surface area contributed by atoms with Gasteiger partial charge in [-0.2, -0.15) is 0 Å². The highest BCUT2D eigenvalue weighted by Crippen LogP contribution is 2.22. The number of amides is 1. The molecule has 0 saturated carbocycles. The molecule has 0 aliphatic heterocycles. The lowest BCUT2D eigenvalue weighted by atomic mass is 10.1. The van der Waals surface area contributed by atoms with E-state index in [1.54, 1.807) is 37.3 Å². The molecule has 0 heterocycles. The Morgan fingerprint density at radius 1 is 1.29 bits per heavy atom. The summed E-state index contributed by atoms with van der Waals surface area (Å²) < 4.78 is 0. The van der Waals surface area contributed by atoms with Crippen LogP contribution < -0.4 is 5.32 Å². The van der Waals surface area contributed by atoms with Gasteiger partial charge in [0.2, 0.25) is 0 Å². The standard InChI is InChI=1S/C15H14N2O4/c1-10-6-7-14(17(20)21)12(8-10)15(19)16-13-5-3-2-4-11(13)9-18/h2-8,18H,9H2,1H3,(H,16,19). The lowest BCUT2D eigenvalue weighted by Crippen LogP contribution is -2.15. The van der Waals surface area contributed by atoms with E-state index >= 15 is 0 Å². The van der Waals surface area contributed by atoms with Crippen molar-refractivity contribution >= 4 is 17.3 Å². The molecular weight excluding hydrogens is 272 g/mol. The topological polar surface area (TPSA) is 92.5 Å². The molecule has 6 nitrogen and oxygen atoms in total. The highest BCUT2D eigenvalue weighted by molar-refractivity contribution is 6.07. The fourth-order valence-corrected chi connectivity index (χ4v) is 1.96. The molecule has 0 spiro atoms. The maximum Gasteiger partial charge on any atom is 0.282 e. The number of nitrogens with zero attached hydrogens (tertiary/aromatic N) is 1. The zero-order valence-electron chi connectivity index (χ0n) is 11.4. The molecule has 2 aromatic rings. The minimum Gasteiger partial charge on any atom is -0.392 e. The van der Waals surface area contributed by atoms with Gasteiger partial charge in [-0.15, -0.1) is 0 Å². The van der Waals surface area contributed by atoms with Crippen molar-refractivity contribution in [2.45, 2.75) is 13.5 Å². The molecule has 0 bridgehead atoms. The highest BCUT2D eigenvalue weighted by atomic mass is 16.6. The van der Waals surface area contributed by atoms with Crippen LogP contribution in [0.4, 0.5) is 11.4 Å². The van der Waals surface area contributed by atoms with Crippen LogP contribution in [0, 0.1) is 17.0 Å². The second-order valence-electron chi connectivity index (χ2n) is 4.55. The van der Waals surface area contributed by atoms with Gasteiger partial charge in [0.05, 0.1) is 11.5 Å². The molecule has 0 atom stereocenters. The van der Waals surface area contributed by atoms with Gasteiger partial charge >= 0.3 is 0 Å². The summed E-state index contributed by atoms with van der Waals surface area (Å²) in [6.07, 6.45) is 0. The van der Waals surface area contributed by atoms with E-state index in [0.29, 0.717) is 11.3 Å². The van der Waals surface area contributed by atoms with Crippen LogP contribution in [-0.4, -0.2) is 15.9 Å². The van der Waals surface area contributed by atoms with Gasteiger partial charge in [-0.3, -0.25) is 14.9 Å². The molecule has 0 radical (unpaired) electrons. The van der Waals surface area contributed by atoms with Crippen LogP contribution in [0.25, 0.3) is 0 Å². The minimum absolute atomic E-state index is 0.00672. The first-order chi connectivity index (χ1) is 10.0. The fraction of sp³-hybridized carbons (Fsp3) is 0.133. The summed E-state index contributed by atoms with van der Waals surface area (Å²) in [5.41, 5.74) is 1.47. The van der Waals surface area contributed by atoms with E-state index in [9.17, 15) is 20.0 Å². The van der Waals surface area contributed by atoms with Gasteiger partial charge in [0, 0.05) is 17.3 Å². The van der Waals surface area contributed by atoms with Gasteiger partial charge in [-0.25, -0.2) is 0 Å². The summed E-state index contributed by atoms with van der Waals surface area (Å²) in [6, 6.07) is 11.1. The number of hydrogen-bond donors (Lipinski definition) is 2. The number of aliphatic hydroxyl groups is 1. The molecular formula is C15H14N2O4. The van der Waals surface area contributed by atoms with Crippen molar-refractivity contribution < 1.29 is 14.8 Å². The monoisotopic (exact) mass is 286 g/mol. The number of benzene rings is 2. The average Bonchev–Trinajstić information content (AvgIpc) is 2.47. The maximum atomic E-state index is 12.3. The number of nitro groups is 1. The third kappa shape index (κ3) is 3.24. The average molecular weight is 286 g/mol. The van der Waals surface area contributed by atoms with Gasteiger partial charge in [0.1, 0.15) is 5.56 Å². The van der Waals surface area contributed by atoms with Crippen molar-refractivity contribution in [3.8, 4) is 0 Å². The smallest absolute Gasteiger partial charge is 0.282 e. The Morgan fingerprint density at radius 3 is 2.67 bits per heavy atom. The van der Waals surface area contributed by atoms with Crippen LogP contribution >= 0.6 is 0 Å². The third-order valence-electron chi connectivity index (χ3n) is 3.03. The van der Waals surface area contributed by atoms with Gasteiger partial charge < -0.3 is 10.4 Å². The second kappa shape index (κ2) is 6.15. The quantitative estimate of drug-likeness (QED) is 0.667. The van der Waals surface area contributed by atoms with E-state index in [1.807, 2.05) is 0 Å². The number of nitrogens with one attached hydrogen (secondary N) is 1. The Labute approximate surface area is 121 Å². The van der Waals surface area contributed by atoms with E-state index in [4.69, 9.17) is 0 Å². The Kier molecular flexibility index (Phi) is 4.30. The van der Waals surface area contributed by atoms with E-state index in [2.05, 4.69) is 5.32 Å². The van der Waals surface area contributed by atoms with E-state index in [-0.39, 0.29) is 17.9 Å². The molecule has 0 aliphatic rings. The molecule has 0 saturated heterocycles. The zero-order chi connectivity index (χ0) is 15.4. The first-order valence-electron chi connectivity index (χ1n) is 6.28. The molecule has 0 aliphatic carbocycles. The number of anilines is 1. The summed E-state index contributed by atoms with van der Waals surface area (Å²) in [6.45, 7) is 1.52. The Bertz CT molecular complexity index is 698. The van der Waals surface area contributed by atoms with Crippen molar-refractivity contribution in [1.29, 1.82) is 0 Å². The SMILES string of the molecule is Cc1ccc([N+](=O)[O-])c(C(=O)Nc2ccccc2CO)c1. The van der Waals surface area contributed by atoms with Crippen LogP contribution in [0.3, 0.4) is 0 Å². The molecule has 0 fully saturated rings. The molecule has 2 N–H and O–H groups in total. The number of carbonyl (C=O) groups excluding carboxylic acids is 1. The number of para-hydroxylation sites is 1. The van der Waals surface area contributed by atoms with Crippen molar-refractivity contribution in [3.05, 3.63) is 69.3 Å². The number of nitro benzene ring substituents is 1. The number of hydrogen-bond acceptors (Lipinski definition) is 4. The van der Waals surface area contributed by atoms with Crippen molar-refractivity contribution in [2.24, 2.45) is 0 Å². The normalized spacial score (nSPS) is 10.2. The lowest BCUT2D eigenvalue weighted by Gasteiger charge is -2.10. The van der Waals surface area contributed by atoms with Crippen LogP contribution in [0.1, 0.15) is 21.5 Å². The Hall–Kier alpha value is -2.73. The Morgan fingerprint density at radius 2 is 2.00 bits per heavy atom. The number of rotatable bonds is 4. The molecule has 2 aromatic carbocycles. The molecule has 108 valence electrons. The third-order valence-corrected chi connectivity index (χ3v) is 3.03. The predicted molar refractivity (Wildman–Crippen MR) is 78.2 cm³/mol. The van der Waals surface area contributed by atoms with E-state index in [0.717, 1.165) is 5.56 Å². The summed E-state index contributed by atoms with van der Waals surface area (Å²) >= 11 is 0. The fourth-order valence-electron chi connectivity index (χ4n) is 1.96. The Balaban J connectivity index is 2.37. The summed E-state index contributed by atoms with van der Waals surface area (Å²) in [5.74, 6) is -0.577. The van der Waals surface area contributed by atoms with Crippen molar-refractivity contribution in [2.75, 3.05) is 5.32 Å². The number of aryl methyl sites for hydroxylation is 1. The van der Waals surface area contributed by atoms with Crippen molar-refractivity contribution in [1.82, 2.24) is 0 Å². The number of carbonyl (C=O) groups is 1. The molecule has 2 rings (SSSR count). The lowest BCUT2D eigenvalue weighted by molar-refractivity contribution is -0.385. The molecule has 21 heavy (non-hydrogen) atoms. The molecule has 0 aromatic heterocycles. The van der Waals surface area contributed by atoms with Crippen LogP contribution in [0.15, 0.2) is 42.5 Å². The van der Waals surface area contributed by atoms with Gasteiger partial charge in [-0.1, -0.05) is 24.3 Å². The van der Waals surface area contributed by atoms with Crippen LogP contribution in [-0.2, 0) is 6.61 Å². The summed E-state index contributed by atoms with van der Waals surface area (Å²) in [7, 11) is 0. The van der Waals surface area contributed by atoms with Gasteiger partial charge in [-0.05, 0) is 24.6 Å². The first kappa shape index (κ1) is 14.7.